The predicted molar refractivity (Wildman–Crippen MR) is 106 cm³/mol. The molecule has 1 unspecified atom stereocenters. The van der Waals surface area contributed by atoms with Gasteiger partial charge in [-0.25, -0.2) is 0 Å². The molecule has 5 nitrogen and oxygen atoms in total. The van der Waals surface area contributed by atoms with E-state index in [9.17, 15) is 9.59 Å². The molecule has 2 aliphatic heterocycles. The molecule has 0 bridgehead atoms. The fourth-order valence-electron chi connectivity index (χ4n) is 4.15. The fourth-order valence-corrected chi connectivity index (χ4v) is 5.04. The molecular weight excluding hydrogens is 372 g/mol. The zero-order valence-electron chi connectivity index (χ0n) is 15.3. The third-order valence-electron chi connectivity index (χ3n) is 5.65. The van der Waals surface area contributed by atoms with Gasteiger partial charge in [0.05, 0.1) is 6.26 Å². The summed E-state index contributed by atoms with van der Waals surface area (Å²) in [6.45, 7) is 1.75. The molecule has 2 aliphatic rings. The van der Waals surface area contributed by atoms with Crippen molar-refractivity contribution < 1.29 is 14.0 Å². The van der Waals surface area contributed by atoms with Gasteiger partial charge in [0.15, 0.2) is 5.76 Å². The van der Waals surface area contributed by atoms with Crippen LogP contribution in [0, 0.1) is 0 Å². The Morgan fingerprint density at radius 2 is 1.86 bits per heavy atom. The van der Waals surface area contributed by atoms with E-state index in [2.05, 4.69) is 17.5 Å². The van der Waals surface area contributed by atoms with E-state index in [4.69, 9.17) is 4.42 Å². The number of fused-ring (bicyclic) bond motifs is 2. The maximum Gasteiger partial charge on any atom is 0.290 e. The van der Waals surface area contributed by atoms with Gasteiger partial charge in [-0.1, -0.05) is 24.3 Å². The first-order valence-electron chi connectivity index (χ1n) is 9.46. The van der Waals surface area contributed by atoms with Crippen LogP contribution in [0.4, 0.5) is 0 Å². The summed E-state index contributed by atoms with van der Waals surface area (Å²) in [5.74, 6) is 0.0632. The van der Waals surface area contributed by atoms with E-state index >= 15 is 0 Å². The average molecular weight is 392 g/mol. The summed E-state index contributed by atoms with van der Waals surface area (Å²) in [4.78, 5) is 31.5. The second-order valence-corrected chi connectivity index (χ2v) is 8.28. The highest BCUT2D eigenvalue weighted by molar-refractivity contribution is 7.10. The maximum atomic E-state index is 13.5. The van der Waals surface area contributed by atoms with E-state index in [1.165, 1.54) is 16.7 Å². The molecule has 4 heterocycles. The number of amides is 2. The van der Waals surface area contributed by atoms with Crippen LogP contribution in [-0.4, -0.2) is 34.2 Å². The lowest BCUT2D eigenvalue weighted by Gasteiger charge is -2.39. The van der Waals surface area contributed by atoms with Crippen LogP contribution < -0.4 is 0 Å². The Bertz CT molecular complexity index is 1020. The van der Waals surface area contributed by atoms with Gasteiger partial charge in [-0.2, -0.15) is 0 Å². The summed E-state index contributed by atoms with van der Waals surface area (Å²) in [7, 11) is 0. The Morgan fingerprint density at radius 1 is 1.00 bits per heavy atom. The average Bonchev–Trinajstić information content (AvgIpc) is 3.43. The smallest absolute Gasteiger partial charge is 0.290 e. The number of hydrogen-bond donors (Lipinski definition) is 0. The molecule has 28 heavy (non-hydrogen) atoms. The molecular formula is C22H20N2O3S. The monoisotopic (exact) mass is 392 g/mol. The van der Waals surface area contributed by atoms with Crippen molar-refractivity contribution in [3.63, 3.8) is 0 Å². The van der Waals surface area contributed by atoms with E-state index < -0.39 is 6.04 Å². The Kier molecular flexibility index (Phi) is 4.28. The fraction of sp³-hybridized carbons (Fsp3) is 0.273. The topological polar surface area (TPSA) is 53.8 Å². The van der Waals surface area contributed by atoms with E-state index in [0.717, 1.165) is 17.5 Å². The molecule has 0 fully saturated rings. The summed E-state index contributed by atoms with van der Waals surface area (Å²) >= 11 is 1.75. The lowest BCUT2D eigenvalue weighted by atomic mass is 9.92. The van der Waals surface area contributed by atoms with Crippen LogP contribution in [0.25, 0.3) is 0 Å². The quantitative estimate of drug-likeness (QED) is 0.671. The van der Waals surface area contributed by atoms with E-state index in [0.29, 0.717) is 26.1 Å². The number of benzene rings is 1. The molecule has 0 aliphatic carbocycles. The number of carbonyl (C=O) groups excluding carboxylic acids is 2. The molecule has 6 heteroatoms. The third kappa shape index (κ3) is 2.94. The second kappa shape index (κ2) is 6.95. The first-order valence-corrected chi connectivity index (χ1v) is 10.3. The molecule has 0 saturated heterocycles. The summed E-state index contributed by atoms with van der Waals surface area (Å²) in [6, 6.07) is 13.0. The van der Waals surface area contributed by atoms with Crippen molar-refractivity contribution in [3.05, 3.63) is 81.4 Å². The van der Waals surface area contributed by atoms with Crippen molar-refractivity contribution in [2.75, 3.05) is 6.54 Å². The Balaban J connectivity index is 1.46. The highest BCUT2D eigenvalue weighted by Gasteiger charge is 2.38. The first-order chi connectivity index (χ1) is 13.7. The third-order valence-corrected chi connectivity index (χ3v) is 6.67. The highest BCUT2D eigenvalue weighted by atomic mass is 32.1. The normalized spacial score (nSPS) is 18.5. The van der Waals surface area contributed by atoms with Gasteiger partial charge in [0.2, 0.25) is 5.91 Å². The van der Waals surface area contributed by atoms with Gasteiger partial charge in [-0.05, 0) is 46.7 Å². The number of rotatable bonds is 2. The van der Waals surface area contributed by atoms with Gasteiger partial charge in [0.1, 0.15) is 6.04 Å². The Morgan fingerprint density at radius 3 is 2.68 bits per heavy atom. The highest BCUT2D eigenvalue weighted by Crippen LogP contribution is 2.29. The van der Waals surface area contributed by atoms with Gasteiger partial charge in [0, 0.05) is 30.9 Å². The van der Waals surface area contributed by atoms with E-state index in [-0.39, 0.29) is 17.6 Å². The van der Waals surface area contributed by atoms with Crippen LogP contribution in [0.2, 0.25) is 0 Å². The van der Waals surface area contributed by atoms with Crippen LogP contribution in [0.5, 0.6) is 0 Å². The van der Waals surface area contributed by atoms with Gasteiger partial charge >= 0.3 is 0 Å². The number of hydrogen-bond acceptors (Lipinski definition) is 4. The Labute approximate surface area is 167 Å². The molecule has 2 aromatic heterocycles. The van der Waals surface area contributed by atoms with Gasteiger partial charge in [0.25, 0.3) is 5.91 Å². The van der Waals surface area contributed by atoms with Gasteiger partial charge in [-0.3, -0.25) is 9.59 Å². The number of carbonyl (C=O) groups is 2. The molecule has 0 radical (unpaired) electrons. The van der Waals surface area contributed by atoms with E-state index in [1.807, 2.05) is 23.1 Å². The Hall–Kier alpha value is -2.86. The molecule has 2 amide bonds. The van der Waals surface area contributed by atoms with Gasteiger partial charge in [-0.15, -0.1) is 11.3 Å². The molecule has 142 valence electrons. The molecule has 5 rings (SSSR count). The van der Waals surface area contributed by atoms with Gasteiger partial charge < -0.3 is 14.2 Å². The maximum absolute atomic E-state index is 13.5. The zero-order valence-corrected chi connectivity index (χ0v) is 16.2. The summed E-state index contributed by atoms with van der Waals surface area (Å²) in [6.07, 6.45) is 2.91. The minimum absolute atomic E-state index is 0.0197. The molecule has 1 atom stereocenters. The molecule has 1 aromatic carbocycles. The van der Waals surface area contributed by atoms with E-state index in [1.54, 1.807) is 28.4 Å². The van der Waals surface area contributed by atoms with Crippen LogP contribution in [0.3, 0.4) is 0 Å². The van der Waals surface area contributed by atoms with Crippen molar-refractivity contribution in [3.8, 4) is 0 Å². The lowest BCUT2D eigenvalue weighted by Crippen LogP contribution is -2.54. The standard InChI is InChI=1S/C22H20N2O3S/c25-21(23-9-7-20-17(13-23)8-11-28-20)18-12-15-4-1-2-5-16(15)14-24(18)22(26)19-6-3-10-27-19/h1-6,8,10-11,18H,7,9,12-14H2. The number of thiophene rings is 1. The summed E-state index contributed by atoms with van der Waals surface area (Å²) in [5.41, 5.74) is 3.45. The summed E-state index contributed by atoms with van der Waals surface area (Å²) in [5, 5.41) is 2.09. The number of nitrogens with zero attached hydrogens (tertiary/aromatic N) is 2. The largest absolute Gasteiger partial charge is 0.459 e. The molecule has 0 saturated carbocycles. The second-order valence-electron chi connectivity index (χ2n) is 7.28. The predicted octanol–water partition coefficient (Wildman–Crippen LogP) is 3.49. The van der Waals surface area contributed by atoms with Crippen molar-refractivity contribution in [1.29, 1.82) is 0 Å². The van der Waals surface area contributed by atoms with Crippen molar-refractivity contribution in [2.45, 2.75) is 32.0 Å². The molecule has 3 aromatic rings. The van der Waals surface area contributed by atoms with Crippen LogP contribution in [0.15, 0.2) is 58.5 Å². The van der Waals surface area contributed by atoms with Crippen molar-refractivity contribution in [2.24, 2.45) is 0 Å². The first kappa shape index (κ1) is 17.3. The summed E-state index contributed by atoms with van der Waals surface area (Å²) < 4.78 is 5.33. The SMILES string of the molecule is O=C(C1Cc2ccccc2CN1C(=O)c1ccco1)N1CCc2sccc2C1. The number of furan rings is 1. The zero-order chi connectivity index (χ0) is 19.1. The van der Waals surface area contributed by atoms with Crippen molar-refractivity contribution in [1.82, 2.24) is 9.80 Å². The lowest BCUT2D eigenvalue weighted by molar-refractivity contribution is -0.137. The van der Waals surface area contributed by atoms with Crippen LogP contribution >= 0.6 is 11.3 Å². The van der Waals surface area contributed by atoms with Crippen LogP contribution in [-0.2, 0) is 30.7 Å². The minimum atomic E-state index is -0.507. The molecule has 0 N–H and O–H groups in total. The molecule has 0 spiro atoms. The minimum Gasteiger partial charge on any atom is -0.459 e. The van der Waals surface area contributed by atoms with Crippen molar-refractivity contribution >= 4 is 23.2 Å². The van der Waals surface area contributed by atoms with Crippen LogP contribution in [0.1, 0.15) is 32.1 Å².